The molecule has 3 aromatic rings. The Morgan fingerprint density at radius 3 is 2.62 bits per heavy atom. The van der Waals surface area contributed by atoms with Crippen LogP contribution in [0.15, 0.2) is 83.8 Å². The van der Waals surface area contributed by atoms with E-state index in [1.165, 1.54) is 11.8 Å². The van der Waals surface area contributed by atoms with Gasteiger partial charge in [-0.2, -0.15) is 0 Å². The van der Waals surface area contributed by atoms with E-state index in [1.54, 1.807) is 17.0 Å². The van der Waals surface area contributed by atoms with Gasteiger partial charge in [0.25, 0.3) is 11.8 Å². The Balaban J connectivity index is 1.36. The average molecular weight is 489 g/mol. The number of aryl methyl sites for hydroxylation is 1. The Hall–Kier alpha value is -3.42. The van der Waals surface area contributed by atoms with Gasteiger partial charge < -0.3 is 10.1 Å². The highest BCUT2D eigenvalue weighted by Crippen LogP contribution is 2.33. The van der Waals surface area contributed by atoms with Crippen molar-refractivity contribution in [2.45, 2.75) is 13.3 Å². The van der Waals surface area contributed by atoms with Crippen LogP contribution in [0.3, 0.4) is 0 Å². The number of carbonyl (C=O) groups excluding carboxylic acids is 2. The van der Waals surface area contributed by atoms with Crippen molar-refractivity contribution in [1.82, 2.24) is 4.90 Å². The van der Waals surface area contributed by atoms with Gasteiger partial charge in [-0.3, -0.25) is 14.5 Å². The van der Waals surface area contributed by atoms with Crippen LogP contribution in [-0.2, 0) is 16.0 Å². The van der Waals surface area contributed by atoms with E-state index in [2.05, 4.69) is 5.32 Å². The summed E-state index contributed by atoms with van der Waals surface area (Å²) in [6.07, 6.45) is 2.55. The molecule has 1 heterocycles. The van der Waals surface area contributed by atoms with Gasteiger partial charge in [-0.25, -0.2) is 0 Å². The molecule has 7 heteroatoms. The molecule has 0 spiro atoms. The molecule has 0 radical (unpaired) electrons. The van der Waals surface area contributed by atoms with Gasteiger partial charge in [0.1, 0.15) is 10.1 Å². The number of amides is 2. The monoisotopic (exact) mass is 488 g/mol. The third kappa shape index (κ3) is 6.12. The highest BCUT2D eigenvalue weighted by Gasteiger charge is 2.31. The lowest BCUT2D eigenvalue weighted by Crippen LogP contribution is -2.30. The van der Waals surface area contributed by atoms with E-state index in [1.807, 2.05) is 79.7 Å². The maximum absolute atomic E-state index is 12.9. The third-order valence-electron chi connectivity index (χ3n) is 5.29. The minimum Gasteiger partial charge on any atom is -0.484 e. The van der Waals surface area contributed by atoms with Crippen LogP contribution in [0.1, 0.15) is 16.7 Å². The van der Waals surface area contributed by atoms with Gasteiger partial charge in [-0.1, -0.05) is 84.6 Å². The van der Waals surface area contributed by atoms with Gasteiger partial charge in [-0.05, 0) is 54.3 Å². The highest BCUT2D eigenvalue weighted by atomic mass is 32.2. The van der Waals surface area contributed by atoms with E-state index in [0.29, 0.717) is 21.5 Å². The summed E-state index contributed by atoms with van der Waals surface area (Å²) in [5.41, 5.74) is 3.72. The fourth-order valence-corrected chi connectivity index (χ4v) is 4.78. The molecular formula is C27H24N2O3S2. The number of anilines is 1. The number of hydrogen-bond donors (Lipinski definition) is 1. The first-order valence-corrected chi connectivity index (χ1v) is 12.1. The molecular weight excluding hydrogens is 464 g/mol. The van der Waals surface area contributed by atoms with E-state index >= 15 is 0 Å². The molecule has 2 amide bonds. The SMILES string of the molecule is Cc1ccccc1NC(=O)COc1cccc(/C=C2\SC(=S)N(CCc3ccccc3)C2=O)c1. The molecule has 0 saturated carbocycles. The van der Waals surface area contributed by atoms with Gasteiger partial charge in [0.05, 0.1) is 4.91 Å². The number of nitrogens with one attached hydrogen (secondary N) is 1. The largest absolute Gasteiger partial charge is 0.484 e. The minimum atomic E-state index is -0.237. The molecule has 1 fully saturated rings. The smallest absolute Gasteiger partial charge is 0.266 e. The molecule has 3 aromatic carbocycles. The Morgan fingerprint density at radius 2 is 1.82 bits per heavy atom. The molecule has 0 atom stereocenters. The number of thioether (sulfide) groups is 1. The number of ether oxygens (including phenoxy) is 1. The second kappa shape index (κ2) is 11.1. The van der Waals surface area contributed by atoms with Crippen LogP contribution in [0.2, 0.25) is 0 Å². The first kappa shape index (κ1) is 23.7. The highest BCUT2D eigenvalue weighted by molar-refractivity contribution is 8.26. The van der Waals surface area contributed by atoms with Crippen LogP contribution in [0.5, 0.6) is 5.75 Å². The van der Waals surface area contributed by atoms with E-state index in [4.69, 9.17) is 17.0 Å². The van der Waals surface area contributed by atoms with Gasteiger partial charge in [-0.15, -0.1) is 0 Å². The summed E-state index contributed by atoms with van der Waals surface area (Å²) in [5, 5.41) is 2.85. The lowest BCUT2D eigenvalue weighted by molar-refractivity contribution is -0.122. The second-order valence-corrected chi connectivity index (χ2v) is 9.47. The Kier molecular flexibility index (Phi) is 7.77. The van der Waals surface area contributed by atoms with Crippen molar-refractivity contribution in [3.63, 3.8) is 0 Å². The first-order valence-electron chi connectivity index (χ1n) is 10.9. The zero-order valence-electron chi connectivity index (χ0n) is 18.7. The molecule has 5 nitrogen and oxygen atoms in total. The molecule has 1 aliphatic heterocycles. The Labute approximate surface area is 208 Å². The van der Waals surface area contributed by atoms with Gasteiger partial charge >= 0.3 is 0 Å². The summed E-state index contributed by atoms with van der Waals surface area (Å²) in [7, 11) is 0. The van der Waals surface area contributed by atoms with Gasteiger partial charge in [0.2, 0.25) is 0 Å². The summed E-state index contributed by atoms with van der Waals surface area (Å²) < 4.78 is 6.23. The molecule has 1 aliphatic rings. The first-order chi connectivity index (χ1) is 16.5. The summed E-state index contributed by atoms with van der Waals surface area (Å²) >= 11 is 6.75. The third-order valence-corrected chi connectivity index (χ3v) is 6.66. The second-order valence-electron chi connectivity index (χ2n) is 7.79. The van der Waals surface area contributed by atoms with Crippen molar-refractivity contribution >= 4 is 51.9 Å². The molecule has 1 saturated heterocycles. The van der Waals surface area contributed by atoms with E-state index in [-0.39, 0.29) is 18.4 Å². The number of hydrogen-bond acceptors (Lipinski definition) is 5. The van der Waals surface area contributed by atoms with Crippen molar-refractivity contribution in [2.24, 2.45) is 0 Å². The van der Waals surface area contributed by atoms with Crippen molar-refractivity contribution in [3.05, 3.63) is 100 Å². The molecule has 0 unspecified atom stereocenters. The standard InChI is InChI=1S/C27H24N2O3S2/c1-19-8-5-6-13-23(19)28-25(30)18-32-22-12-7-11-21(16-22)17-24-26(31)29(27(33)34-24)15-14-20-9-3-2-4-10-20/h2-13,16-17H,14-15,18H2,1H3,(H,28,30)/b24-17-. The average Bonchev–Trinajstić information content (AvgIpc) is 3.11. The Morgan fingerprint density at radius 1 is 1.06 bits per heavy atom. The predicted octanol–water partition coefficient (Wildman–Crippen LogP) is 5.46. The molecule has 0 bridgehead atoms. The molecule has 172 valence electrons. The number of carbonyl (C=O) groups is 2. The van der Waals surface area contributed by atoms with Crippen molar-refractivity contribution < 1.29 is 14.3 Å². The lowest BCUT2D eigenvalue weighted by atomic mass is 10.1. The topological polar surface area (TPSA) is 58.6 Å². The van der Waals surface area contributed by atoms with Crippen molar-refractivity contribution in [2.75, 3.05) is 18.5 Å². The van der Waals surface area contributed by atoms with Crippen LogP contribution in [0.4, 0.5) is 5.69 Å². The minimum absolute atomic E-state index is 0.0881. The molecule has 0 aliphatic carbocycles. The van der Waals surface area contributed by atoms with Crippen molar-refractivity contribution in [3.8, 4) is 5.75 Å². The fraction of sp³-hybridized carbons (Fsp3) is 0.148. The molecule has 34 heavy (non-hydrogen) atoms. The van der Waals surface area contributed by atoms with Crippen LogP contribution < -0.4 is 10.1 Å². The maximum atomic E-state index is 12.9. The summed E-state index contributed by atoms with van der Waals surface area (Å²) in [5.74, 6) is 0.224. The molecule has 0 aromatic heterocycles. The van der Waals surface area contributed by atoms with Crippen LogP contribution in [0.25, 0.3) is 6.08 Å². The van der Waals surface area contributed by atoms with E-state index in [0.717, 1.165) is 28.8 Å². The van der Waals surface area contributed by atoms with Crippen LogP contribution in [-0.4, -0.2) is 34.2 Å². The predicted molar refractivity (Wildman–Crippen MR) is 142 cm³/mol. The maximum Gasteiger partial charge on any atom is 0.266 e. The van der Waals surface area contributed by atoms with Crippen molar-refractivity contribution in [1.29, 1.82) is 0 Å². The normalized spacial score (nSPS) is 14.5. The zero-order valence-corrected chi connectivity index (χ0v) is 20.3. The van der Waals surface area contributed by atoms with E-state index < -0.39 is 0 Å². The van der Waals surface area contributed by atoms with Crippen LogP contribution >= 0.6 is 24.0 Å². The number of thiocarbonyl (C=S) groups is 1. The number of rotatable bonds is 8. The summed E-state index contributed by atoms with van der Waals surface area (Å²) in [6.45, 7) is 2.37. The molecule has 4 rings (SSSR count). The zero-order chi connectivity index (χ0) is 23.9. The number of benzene rings is 3. The fourth-order valence-electron chi connectivity index (χ4n) is 3.47. The van der Waals surface area contributed by atoms with Gasteiger partial charge in [0, 0.05) is 12.2 Å². The number of nitrogens with zero attached hydrogens (tertiary/aromatic N) is 1. The summed E-state index contributed by atoms with van der Waals surface area (Å²) in [4.78, 5) is 27.4. The lowest BCUT2D eigenvalue weighted by Gasteiger charge is -2.14. The van der Waals surface area contributed by atoms with E-state index in [9.17, 15) is 9.59 Å². The number of para-hydroxylation sites is 1. The van der Waals surface area contributed by atoms with Gasteiger partial charge in [0.15, 0.2) is 6.61 Å². The summed E-state index contributed by atoms with van der Waals surface area (Å²) in [6, 6.07) is 24.9. The molecule has 1 N–H and O–H groups in total. The van der Waals surface area contributed by atoms with Crippen LogP contribution in [0, 0.1) is 6.92 Å². The Bertz CT molecular complexity index is 1240. The quantitative estimate of drug-likeness (QED) is 0.337.